The molecular weight excluding hydrogens is 180 g/mol. The van der Waals surface area contributed by atoms with E-state index in [0.717, 1.165) is 10.9 Å². The highest BCUT2D eigenvalue weighted by Gasteiger charge is 2.33. The molecule has 1 rings (SSSR count). The molecule has 1 aromatic rings. The maximum absolute atomic E-state index is 12.9. The molecule has 0 aliphatic carbocycles. The van der Waals surface area contributed by atoms with Gasteiger partial charge in [-0.25, -0.2) is 0 Å². The number of nitrogens with two attached hydrogens (primary N) is 1. The first-order valence-corrected chi connectivity index (χ1v) is 3.54. The van der Waals surface area contributed by atoms with Crippen molar-refractivity contribution in [3.8, 4) is 0 Å². The van der Waals surface area contributed by atoms with Crippen LogP contribution in [0.5, 0.6) is 0 Å². The number of hydrogen-bond donors (Lipinski definition) is 1. The van der Waals surface area contributed by atoms with Crippen LogP contribution in [-0.4, -0.2) is 15.7 Å². The molecule has 0 fully saturated rings. The van der Waals surface area contributed by atoms with E-state index in [1.165, 1.54) is 7.05 Å². The molecule has 0 aliphatic rings. The maximum atomic E-state index is 12.9. The van der Waals surface area contributed by atoms with Crippen LogP contribution in [0.4, 0.5) is 8.78 Å². The zero-order chi connectivity index (χ0) is 10.2. The summed E-state index contributed by atoms with van der Waals surface area (Å²) in [6, 6.07) is 0. The molecule has 0 atom stereocenters. The lowest BCUT2D eigenvalue weighted by molar-refractivity contribution is 0.00790. The summed E-state index contributed by atoms with van der Waals surface area (Å²) in [4.78, 5) is 10.7. The van der Waals surface area contributed by atoms with Crippen molar-refractivity contribution in [3.63, 3.8) is 0 Å². The lowest BCUT2D eigenvalue weighted by Crippen LogP contribution is -2.20. The lowest BCUT2D eigenvalue weighted by Gasteiger charge is -2.11. The largest absolute Gasteiger partial charge is 0.365 e. The molecule has 72 valence electrons. The first kappa shape index (κ1) is 9.63. The third-order valence-corrected chi connectivity index (χ3v) is 1.62. The second-order valence-corrected chi connectivity index (χ2v) is 2.78. The zero-order valence-corrected chi connectivity index (χ0v) is 7.21. The Bertz CT molecular complexity index is 340. The van der Waals surface area contributed by atoms with Gasteiger partial charge in [0.05, 0.1) is 11.8 Å². The molecule has 0 saturated carbocycles. The first-order valence-electron chi connectivity index (χ1n) is 3.54. The average molecular weight is 189 g/mol. The topological polar surface area (TPSA) is 60.9 Å². The minimum atomic E-state index is -3.12. The molecule has 0 saturated heterocycles. The molecule has 1 amide bonds. The van der Waals surface area contributed by atoms with Gasteiger partial charge in [-0.05, 0) is 0 Å². The quantitative estimate of drug-likeness (QED) is 0.741. The predicted octanol–water partition coefficient (Wildman–Crippen LogP) is 0.631. The Balaban J connectivity index is 3.33. The standard InChI is InChI=1S/C7H9F2N3O/c1-7(8,9)5-4(6(10)13)3-11-12(5)2/h3H,1-2H3,(H2,10,13). The molecule has 1 aromatic heterocycles. The van der Waals surface area contributed by atoms with Gasteiger partial charge in [-0.15, -0.1) is 0 Å². The summed E-state index contributed by atoms with van der Waals surface area (Å²) >= 11 is 0. The van der Waals surface area contributed by atoms with Gasteiger partial charge in [-0.2, -0.15) is 13.9 Å². The number of hydrogen-bond acceptors (Lipinski definition) is 2. The van der Waals surface area contributed by atoms with Gasteiger partial charge in [0.15, 0.2) is 0 Å². The fourth-order valence-electron chi connectivity index (χ4n) is 1.14. The Hall–Kier alpha value is -1.46. The number of amides is 1. The molecule has 0 radical (unpaired) electrons. The minimum Gasteiger partial charge on any atom is -0.365 e. The summed E-state index contributed by atoms with van der Waals surface area (Å²) in [5.74, 6) is -4.01. The summed E-state index contributed by atoms with van der Waals surface area (Å²) in [7, 11) is 1.33. The van der Waals surface area contributed by atoms with Gasteiger partial charge >= 0.3 is 0 Å². The number of aromatic nitrogens is 2. The van der Waals surface area contributed by atoms with E-state index < -0.39 is 17.5 Å². The molecule has 0 spiro atoms. The Morgan fingerprint density at radius 1 is 1.69 bits per heavy atom. The van der Waals surface area contributed by atoms with E-state index in [4.69, 9.17) is 5.73 Å². The summed E-state index contributed by atoms with van der Waals surface area (Å²) in [5.41, 5.74) is 4.20. The monoisotopic (exact) mass is 189 g/mol. The molecule has 0 aliphatic heterocycles. The number of carbonyl (C=O) groups is 1. The summed E-state index contributed by atoms with van der Waals surface area (Å²) in [6.07, 6.45) is 1.04. The first-order chi connectivity index (χ1) is 5.84. The second kappa shape index (κ2) is 2.79. The Labute approximate surface area is 73.3 Å². The van der Waals surface area contributed by atoms with Crippen molar-refractivity contribution in [1.29, 1.82) is 0 Å². The number of rotatable bonds is 2. The maximum Gasteiger partial charge on any atom is 0.287 e. The number of primary amides is 1. The molecule has 2 N–H and O–H groups in total. The molecule has 0 aromatic carbocycles. The fraction of sp³-hybridized carbons (Fsp3) is 0.429. The van der Waals surface area contributed by atoms with Crippen LogP contribution >= 0.6 is 0 Å². The van der Waals surface area contributed by atoms with Crippen molar-refractivity contribution in [2.45, 2.75) is 12.8 Å². The Morgan fingerprint density at radius 3 is 2.54 bits per heavy atom. The molecule has 1 heterocycles. The normalized spacial score (nSPS) is 11.7. The van der Waals surface area contributed by atoms with Gasteiger partial charge in [-0.1, -0.05) is 0 Å². The molecular formula is C7H9F2N3O. The number of carbonyl (C=O) groups excluding carboxylic acids is 1. The van der Waals surface area contributed by atoms with Gasteiger partial charge < -0.3 is 5.73 Å². The van der Waals surface area contributed by atoms with Crippen molar-refractivity contribution in [2.24, 2.45) is 12.8 Å². The van der Waals surface area contributed by atoms with Crippen molar-refractivity contribution < 1.29 is 13.6 Å². The van der Waals surface area contributed by atoms with Crippen LogP contribution < -0.4 is 5.73 Å². The number of halogens is 2. The highest BCUT2D eigenvalue weighted by Crippen LogP contribution is 2.28. The van der Waals surface area contributed by atoms with E-state index >= 15 is 0 Å². The van der Waals surface area contributed by atoms with E-state index in [1.54, 1.807) is 0 Å². The van der Waals surface area contributed by atoms with Gasteiger partial charge in [-0.3, -0.25) is 9.48 Å². The molecule has 0 bridgehead atoms. The number of nitrogens with zero attached hydrogens (tertiary/aromatic N) is 2. The summed E-state index contributed by atoms with van der Waals surface area (Å²) in [5, 5.41) is 3.54. The Kier molecular flexibility index (Phi) is 2.07. The highest BCUT2D eigenvalue weighted by atomic mass is 19.3. The second-order valence-electron chi connectivity index (χ2n) is 2.78. The van der Waals surface area contributed by atoms with Crippen LogP contribution in [0.1, 0.15) is 23.0 Å². The third kappa shape index (κ3) is 1.66. The van der Waals surface area contributed by atoms with Crippen LogP contribution in [0, 0.1) is 0 Å². The van der Waals surface area contributed by atoms with Gasteiger partial charge in [0.25, 0.3) is 11.8 Å². The van der Waals surface area contributed by atoms with Crippen molar-refractivity contribution >= 4 is 5.91 Å². The minimum absolute atomic E-state index is 0.241. The number of aryl methyl sites for hydroxylation is 1. The third-order valence-electron chi connectivity index (χ3n) is 1.62. The zero-order valence-electron chi connectivity index (χ0n) is 7.21. The van der Waals surface area contributed by atoms with Gasteiger partial charge in [0.1, 0.15) is 5.69 Å². The van der Waals surface area contributed by atoms with Crippen LogP contribution in [-0.2, 0) is 13.0 Å². The van der Waals surface area contributed by atoms with Gasteiger partial charge in [0, 0.05) is 14.0 Å². The number of alkyl halides is 2. The SMILES string of the molecule is Cn1ncc(C(N)=O)c1C(C)(F)F. The predicted molar refractivity (Wildman–Crippen MR) is 41.3 cm³/mol. The average Bonchev–Trinajstić information content (AvgIpc) is 2.28. The van der Waals surface area contributed by atoms with Crippen LogP contribution in [0.3, 0.4) is 0 Å². The molecule has 4 nitrogen and oxygen atoms in total. The van der Waals surface area contributed by atoms with E-state index in [1.807, 2.05) is 0 Å². The smallest absolute Gasteiger partial charge is 0.287 e. The van der Waals surface area contributed by atoms with Crippen molar-refractivity contribution in [1.82, 2.24) is 9.78 Å². The van der Waals surface area contributed by atoms with E-state index in [-0.39, 0.29) is 5.56 Å². The van der Waals surface area contributed by atoms with E-state index in [2.05, 4.69) is 5.10 Å². The lowest BCUT2D eigenvalue weighted by atomic mass is 10.1. The molecule has 13 heavy (non-hydrogen) atoms. The van der Waals surface area contributed by atoms with Crippen LogP contribution in [0.15, 0.2) is 6.20 Å². The molecule has 6 heteroatoms. The van der Waals surface area contributed by atoms with Crippen LogP contribution in [0.25, 0.3) is 0 Å². The van der Waals surface area contributed by atoms with Crippen molar-refractivity contribution in [2.75, 3.05) is 0 Å². The Morgan fingerprint density at radius 2 is 2.23 bits per heavy atom. The van der Waals surface area contributed by atoms with Crippen molar-refractivity contribution in [3.05, 3.63) is 17.5 Å². The summed E-state index contributed by atoms with van der Waals surface area (Å²) in [6.45, 7) is 0.691. The fourth-order valence-corrected chi connectivity index (χ4v) is 1.14. The highest BCUT2D eigenvalue weighted by molar-refractivity contribution is 5.93. The van der Waals surface area contributed by atoms with E-state index in [9.17, 15) is 13.6 Å². The van der Waals surface area contributed by atoms with E-state index in [0.29, 0.717) is 6.92 Å². The molecule has 0 unspecified atom stereocenters. The van der Waals surface area contributed by atoms with Gasteiger partial charge in [0.2, 0.25) is 0 Å². The summed E-state index contributed by atoms with van der Waals surface area (Å²) < 4.78 is 26.7. The van der Waals surface area contributed by atoms with Crippen LogP contribution in [0.2, 0.25) is 0 Å².